The number of nitrogens with zero attached hydrogens (tertiary/aromatic N) is 2. The van der Waals surface area contributed by atoms with Crippen molar-refractivity contribution in [1.29, 1.82) is 0 Å². The van der Waals surface area contributed by atoms with Gasteiger partial charge in [-0.2, -0.15) is 5.10 Å². The van der Waals surface area contributed by atoms with Crippen molar-refractivity contribution < 1.29 is 14.1 Å². The topological polar surface area (TPSA) is 113 Å². The third-order valence-electron chi connectivity index (χ3n) is 5.75. The lowest BCUT2D eigenvalue weighted by atomic mass is 9.79. The highest BCUT2D eigenvalue weighted by molar-refractivity contribution is 5.91. The van der Waals surface area contributed by atoms with Crippen molar-refractivity contribution >= 4 is 17.6 Å². The van der Waals surface area contributed by atoms with Gasteiger partial charge in [0, 0.05) is 36.2 Å². The third-order valence-corrected chi connectivity index (χ3v) is 5.75. The number of aromatic amines is 1. The molecule has 1 aliphatic carbocycles. The first-order chi connectivity index (χ1) is 13.8. The van der Waals surface area contributed by atoms with E-state index in [-0.39, 0.29) is 29.7 Å². The highest BCUT2D eigenvalue weighted by Gasteiger charge is 2.40. The minimum atomic E-state index is -0.195. The molecular weight excluding hydrogens is 370 g/mol. The van der Waals surface area contributed by atoms with Gasteiger partial charge in [-0.25, -0.2) is 0 Å². The molecule has 0 saturated heterocycles. The van der Waals surface area contributed by atoms with Crippen LogP contribution in [0.1, 0.15) is 75.9 Å². The number of rotatable bonds is 8. The van der Waals surface area contributed by atoms with E-state index >= 15 is 0 Å². The summed E-state index contributed by atoms with van der Waals surface area (Å²) in [5.74, 6) is 1.28. The van der Waals surface area contributed by atoms with Gasteiger partial charge in [0.15, 0.2) is 5.82 Å². The van der Waals surface area contributed by atoms with Crippen molar-refractivity contribution in [3.05, 3.63) is 29.3 Å². The second-order valence-electron chi connectivity index (χ2n) is 8.56. The van der Waals surface area contributed by atoms with E-state index < -0.39 is 0 Å². The van der Waals surface area contributed by atoms with Crippen molar-refractivity contribution in [2.24, 2.45) is 5.41 Å². The first-order valence-corrected chi connectivity index (χ1v) is 10.4. The average Bonchev–Trinajstić information content (AvgIpc) is 3.35. The predicted octanol–water partition coefficient (Wildman–Crippen LogP) is 3.47. The predicted molar refractivity (Wildman–Crippen MR) is 109 cm³/mol. The van der Waals surface area contributed by atoms with Crippen LogP contribution in [0.25, 0.3) is 0 Å². The lowest BCUT2D eigenvalue weighted by molar-refractivity contribution is -0.124. The molecule has 158 valence electrons. The maximum absolute atomic E-state index is 12.3. The number of hydrogen-bond acceptors (Lipinski definition) is 5. The largest absolute Gasteiger partial charge is 0.361 e. The van der Waals surface area contributed by atoms with Crippen LogP contribution in [-0.2, 0) is 16.0 Å². The molecule has 2 atom stereocenters. The summed E-state index contributed by atoms with van der Waals surface area (Å²) in [4.78, 5) is 24.5. The number of carbonyl (C=O) groups is 2. The smallest absolute Gasteiger partial charge is 0.233 e. The molecule has 0 aliphatic heterocycles. The molecular formula is C21H31N5O3. The summed E-state index contributed by atoms with van der Waals surface area (Å²) in [6, 6.07) is 3.80. The summed E-state index contributed by atoms with van der Waals surface area (Å²) in [7, 11) is 0. The molecule has 29 heavy (non-hydrogen) atoms. The Labute approximate surface area is 171 Å². The Balaban J connectivity index is 1.57. The zero-order valence-electron chi connectivity index (χ0n) is 17.7. The normalized spacial score (nSPS) is 21.5. The lowest BCUT2D eigenvalue weighted by Gasteiger charge is -2.27. The van der Waals surface area contributed by atoms with Crippen LogP contribution in [-0.4, -0.2) is 33.2 Å². The Morgan fingerprint density at radius 3 is 2.79 bits per heavy atom. The van der Waals surface area contributed by atoms with E-state index in [1.807, 2.05) is 26.8 Å². The number of anilines is 1. The maximum atomic E-state index is 12.3. The quantitative estimate of drug-likeness (QED) is 0.627. The Hall–Kier alpha value is -2.64. The van der Waals surface area contributed by atoms with Gasteiger partial charge in [-0.3, -0.25) is 14.7 Å². The van der Waals surface area contributed by atoms with Crippen molar-refractivity contribution in [3.8, 4) is 0 Å². The molecule has 0 unspecified atom stereocenters. The van der Waals surface area contributed by atoms with E-state index in [1.54, 1.807) is 6.07 Å². The first-order valence-electron chi connectivity index (χ1n) is 10.4. The molecule has 1 aliphatic rings. The Bertz CT molecular complexity index is 856. The van der Waals surface area contributed by atoms with Gasteiger partial charge in [-0.15, -0.1) is 0 Å². The van der Waals surface area contributed by atoms with E-state index in [4.69, 9.17) is 4.52 Å². The molecule has 1 fully saturated rings. The number of aryl methyl sites for hydroxylation is 1. The van der Waals surface area contributed by atoms with Gasteiger partial charge in [0.05, 0.1) is 12.1 Å². The number of nitrogens with one attached hydrogen (secondary N) is 3. The van der Waals surface area contributed by atoms with Crippen LogP contribution in [0.4, 0.5) is 5.82 Å². The van der Waals surface area contributed by atoms with Gasteiger partial charge >= 0.3 is 0 Å². The summed E-state index contributed by atoms with van der Waals surface area (Å²) in [6.07, 6.45) is 4.63. The van der Waals surface area contributed by atoms with E-state index in [9.17, 15) is 9.59 Å². The van der Waals surface area contributed by atoms with Crippen molar-refractivity contribution in [2.75, 3.05) is 5.32 Å². The van der Waals surface area contributed by atoms with E-state index in [1.165, 1.54) is 0 Å². The Kier molecular flexibility index (Phi) is 6.39. The number of hydrogen-bond donors (Lipinski definition) is 3. The van der Waals surface area contributed by atoms with Crippen LogP contribution in [0.3, 0.4) is 0 Å². The van der Waals surface area contributed by atoms with Crippen molar-refractivity contribution in [2.45, 2.75) is 78.2 Å². The summed E-state index contributed by atoms with van der Waals surface area (Å²) < 4.78 is 5.08. The summed E-state index contributed by atoms with van der Waals surface area (Å²) in [6.45, 7) is 7.94. The number of H-pyrrole nitrogens is 1. The van der Waals surface area contributed by atoms with Crippen LogP contribution in [0, 0.1) is 12.3 Å². The van der Waals surface area contributed by atoms with Gasteiger partial charge < -0.3 is 15.2 Å². The van der Waals surface area contributed by atoms with Crippen LogP contribution in [0.15, 0.2) is 16.7 Å². The number of aromatic nitrogens is 3. The lowest BCUT2D eigenvalue weighted by Crippen LogP contribution is -2.34. The second-order valence-corrected chi connectivity index (χ2v) is 8.56. The maximum Gasteiger partial charge on any atom is 0.233 e. The Morgan fingerprint density at radius 2 is 2.14 bits per heavy atom. The van der Waals surface area contributed by atoms with Gasteiger partial charge in [0.1, 0.15) is 5.76 Å². The van der Waals surface area contributed by atoms with E-state index in [0.29, 0.717) is 23.9 Å². The zero-order valence-corrected chi connectivity index (χ0v) is 17.7. The number of carbonyl (C=O) groups excluding carboxylic acids is 2. The molecule has 2 aromatic rings. The van der Waals surface area contributed by atoms with Gasteiger partial charge in [0.2, 0.25) is 11.8 Å². The van der Waals surface area contributed by atoms with Crippen LogP contribution >= 0.6 is 0 Å². The molecule has 2 heterocycles. The first kappa shape index (κ1) is 21.1. The molecule has 8 heteroatoms. The fourth-order valence-electron chi connectivity index (χ4n) is 4.25. The van der Waals surface area contributed by atoms with Gasteiger partial charge in [-0.05, 0) is 51.9 Å². The molecule has 3 rings (SSSR count). The van der Waals surface area contributed by atoms with Crippen LogP contribution in [0.2, 0.25) is 0 Å². The molecule has 8 nitrogen and oxygen atoms in total. The molecule has 2 amide bonds. The summed E-state index contributed by atoms with van der Waals surface area (Å²) in [5, 5.41) is 16.9. The van der Waals surface area contributed by atoms with Crippen molar-refractivity contribution in [1.82, 2.24) is 20.7 Å². The van der Waals surface area contributed by atoms with Crippen molar-refractivity contribution in [3.63, 3.8) is 0 Å². The SMILES string of the molecule is CC[C@@]1(CC(=O)NC(C)C)CC[C@H](c2cc(NC(=O)Cc3cc(C)no3)n[nH]2)C1. The highest BCUT2D eigenvalue weighted by Crippen LogP contribution is 2.50. The number of amides is 2. The molecule has 0 spiro atoms. The second kappa shape index (κ2) is 8.80. The molecule has 0 radical (unpaired) electrons. The van der Waals surface area contributed by atoms with E-state index in [2.05, 4.69) is 32.9 Å². The average molecular weight is 402 g/mol. The van der Waals surface area contributed by atoms with E-state index in [0.717, 1.165) is 37.1 Å². The molecule has 0 aromatic carbocycles. The fourth-order valence-corrected chi connectivity index (χ4v) is 4.25. The highest BCUT2D eigenvalue weighted by atomic mass is 16.5. The molecule has 2 aromatic heterocycles. The zero-order chi connectivity index (χ0) is 21.0. The minimum absolute atomic E-state index is 0.0301. The molecule has 3 N–H and O–H groups in total. The van der Waals surface area contributed by atoms with Crippen LogP contribution < -0.4 is 10.6 Å². The fraction of sp³-hybridized carbons (Fsp3) is 0.619. The third kappa shape index (κ3) is 5.46. The van der Waals surface area contributed by atoms with Crippen LogP contribution in [0.5, 0.6) is 0 Å². The standard InChI is InChI=1S/C21H31N5O3/c1-5-21(12-20(28)22-13(2)3)7-6-15(11-21)17-10-18(25-24-17)23-19(27)9-16-8-14(4)26-29-16/h8,10,13,15H,5-7,9,11-12H2,1-4H3,(H,22,28)(H2,23,24,25,27)/t15-,21+/m0/s1. The monoisotopic (exact) mass is 401 g/mol. The Morgan fingerprint density at radius 1 is 1.34 bits per heavy atom. The summed E-state index contributed by atoms with van der Waals surface area (Å²) in [5.41, 5.74) is 1.79. The van der Waals surface area contributed by atoms with Gasteiger partial charge in [0.25, 0.3) is 0 Å². The molecule has 0 bridgehead atoms. The molecule has 1 saturated carbocycles. The minimum Gasteiger partial charge on any atom is -0.361 e. The van der Waals surface area contributed by atoms with Gasteiger partial charge in [-0.1, -0.05) is 12.1 Å². The summed E-state index contributed by atoms with van der Waals surface area (Å²) >= 11 is 0.